The summed E-state index contributed by atoms with van der Waals surface area (Å²) >= 11 is 0. The number of H-pyrrole nitrogens is 1. The number of nitrogens with one attached hydrogen (secondary N) is 1. The average molecular weight is 270 g/mol. The first kappa shape index (κ1) is 12.5. The number of nitrogens with zero attached hydrogens (tertiary/aromatic N) is 4. The molecule has 3 aromatic heterocycles. The summed E-state index contributed by atoms with van der Waals surface area (Å²) in [7, 11) is 0. The molecule has 0 amide bonds. The van der Waals surface area contributed by atoms with Gasteiger partial charge in [-0.3, -0.25) is 4.98 Å². The molecule has 0 spiro atoms. The van der Waals surface area contributed by atoms with Gasteiger partial charge in [-0.05, 0) is 24.6 Å². The Morgan fingerprint density at radius 1 is 1.45 bits per heavy atom. The molecule has 0 bridgehead atoms. The second-order valence-corrected chi connectivity index (χ2v) is 4.56. The van der Waals surface area contributed by atoms with E-state index in [0.29, 0.717) is 23.8 Å². The monoisotopic (exact) mass is 270 g/mol. The van der Waals surface area contributed by atoms with Crippen molar-refractivity contribution in [3.05, 3.63) is 48.0 Å². The van der Waals surface area contributed by atoms with E-state index in [-0.39, 0.29) is 6.04 Å². The number of rotatable bonds is 4. The van der Waals surface area contributed by atoms with Gasteiger partial charge in [-0.25, -0.2) is 4.98 Å². The molecular weight excluding hydrogens is 256 g/mol. The van der Waals surface area contributed by atoms with Crippen molar-refractivity contribution in [3.8, 4) is 11.5 Å². The van der Waals surface area contributed by atoms with Gasteiger partial charge < -0.3 is 15.2 Å². The Balaban J connectivity index is 1.79. The highest BCUT2D eigenvalue weighted by molar-refractivity contribution is 5.48. The Kier molecular flexibility index (Phi) is 3.26. The van der Waals surface area contributed by atoms with E-state index < -0.39 is 0 Å². The average Bonchev–Trinajstić information content (AvgIpc) is 3.09. The zero-order chi connectivity index (χ0) is 13.9. The fourth-order valence-electron chi connectivity index (χ4n) is 1.87. The number of imidazole rings is 1. The molecule has 102 valence electrons. The Hall–Kier alpha value is -2.54. The lowest BCUT2D eigenvalue weighted by molar-refractivity contribution is 0.354. The standard InChI is InChI=1S/C13H14N6O/c1-8-2-3-16-11(4-8)12-18-13(20-19-12)10(14)5-9-6-15-7-17-9/h2-4,6-7,10H,5,14H2,1H3,(H,15,17)/t10-/m1/s1. The molecule has 3 aromatic rings. The molecule has 0 radical (unpaired) electrons. The maximum Gasteiger partial charge on any atom is 0.244 e. The molecule has 20 heavy (non-hydrogen) atoms. The molecule has 0 aliphatic heterocycles. The molecule has 3 rings (SSSR count). The lowest BCUT2D eigenvalue weighted by Crippen LogP contribution is -2.14. The molecule has 0 aromatic carbocycles. The topological polar surface area (TPSA) is 107 Å². The van der Waals surface area contributed by atoms with E-state index in [1.165, 1.54) is 0 Å². The number of hydrogen-bond donors (Lipinski definition) is 2. The number of nitrogens with two attached hydrogens (primary N) is 1. The second-order valence-electron chi connectivity index (χ2n) is 4.56. The minimum atomic E-state index is -0.374. The second kappa shape index (κ2) is 5.22. The lowest BCUT2D eigenvalue weighted by Gasteiger charge is -2.03. The zero-order valence-electron chi connectivity index (χ0n) is 10.9. The summed E-state index contributed by atoms with van der Waals surface area (Å²) < 4.78 is 5.21. The SMILES string of the molecule is Cc1ccnc(-c2noc([C@H](N)Cc3cnc[nH]3)n2)c1. The lowest BCUT2D eigenvalue weighted by atomic mass is 10.2. The van der Waals surface area contributed by atoms with E-state index in [0.717, 1.165) is 11.3 Å². The van der Waals surface area contributed by atoms with Crippen LogP contribution in [0.1, 0.15) is 23.2 Å². The van der Waals surface area contributed by atoms with Crippen LogP contribution in [-0.4, -0.2) is 25.1 Å². The third kappa shape index (κ3) is 2.57. The predicted molar refractivity (Wildman–Crippen MR) is 71.5 cm³/mol. The molecule has 1 atom stereocenters. The van der Waals surface area contributed by atoms with Gasteiger partial charge in [0.2, 0.25) is 11.7 Å². The van der Waals surface area contributed by atoms with Crippen LogP contribution >= 0.6 is 0 Å². The van der Waals surface area contributed by atoms with Crippen molar-refractivity contribution in [1.29, 1.82) is 0 Å². The smallest absolute Gasteiger partial charge is 0.244 e. The largest absolute Gasteiger partial charge is 0.348 e. The Bertz CT molecular complexity index is 690. The first-order valence-corrected chi connectivity index (χ1v) is 6.22. The molecule has 3 heterocycles. The molecule has 0 aliphatic rings. The van der Waals surface area contributed by atoms with Gasteiger partial charge in [0.05, 0.1) is 12.4 Å². The molecule has 0 fully saturated rings. The van der Waals surface area contributed by atoms with Gasteiger partial charge in [0.1, 0.15) is 5.69 Å². The summed E-state index contributed by atoms with van der Waals surface area (Å²) in [6, 6.07) is 3.44. The van der Waals surface area contributed by atoms with Crippen LogP contribution in [0, 0.1) is 6.92 Å². The van der Waals surface area contributed by atoms with Crippen LogP contribution in [0.3, 0.4) is 0 Å². The van der Waals surface area contributed by atoms with Crippen molar-refractivity contribution in [3.63, 3.8) is 0 Å². The van der Waals surface area contributed by atoms with Crippen LogP contribution in [0.5, 0.6) is 0 Å². The minimum Gasteiger partial charge on any atom is -0.348 e. The highest BCUT2D eigenvalue weighted by Gasteiger charge is 2.17. The summed E-state index contributed by atoms with van der Waals surface area (Å²) in [6.45, 7) is 1.98. The van der Waals surface area contributed by atoms with E-state index >= 15 is 0 Å². The van der Waals surface area contributed by atoms with Crippen LogP contribution in [0.4, 0.5) is 0 Å². The first-order chi connectivity index (χ1) is 9.72. The number of aromatic amines is 1. The summed E-state index contributed by atoms with van der Waals surface area (Å²) in [5, 5.41) is 3.92. The number of aromatic nitrogens is 5. The zero-order valence-corrected chi connectivity index (χ0v) is 10.9. The molecule has 0 saturated heterocycles. The Labute approximate surface area is 115 Å². The highest BCUT2D eigenvalue weighted by atomic mass is 16.5. The van der Waals surface area contributed by atoms with Gasteiger partial charge in [-0.2, -0.15) is 4.98 Å². The van der Waals surface area contributed by atoms with Crippen molar-refractivity contribution >= 4 is 0 Å². The van der Waals surface area contributed by atoms with Gasteiger partial charge in [0.25, 0.3) is 0 Å². The van der Waals surface area contributed by atoms with Crippen molar-refractivity contribution in [2.45, 2.75) is 19.4 Å². The van der Waals surface area contributed by atoms with E-state index in [4.69, 9.17) is 10.3 Å². The minimum absolute atomic E-state index is 0.374. The van der Waals surface area contributed by atoms with E-state index in [9.17, 15) is 0 Å². The highest BCUT2D eigenvalue weighted by Crippen LogP contribution is 2.18. The van der Waals surface area contributed by atoms with Crippen LogP contribution in [0.15, 0.2) is 35.4 Å². The first-order valence-electron chi connectivity index (χ1n) is 6.22. The molecular formula is C13H14N6O. The van der Waals surface area contributed by atoms with Crippen molar-refractivity contribution < 1.29 is 4.52 Å². The third-order valence-corrected chi connectivity index (χ3v) is 2.90. The van der Waals surface area contributed by atoms with Crippen LogP contribution in [0.2, 0.25) is 0 Å². The van der Waals surface area contributed by atoms with Gasteiger partial charge in [-0.1, -0.05) is 5.16 Å². The normalized spacial score (nSPS) is 12.5. The summed E-state index contributed by atoms with van der Waals surface area (Å²) in [5.41, 5.74) is 8.73. The predicted octanol–water partition coefficient (Wildman–Crippen LogP) is 1.41. The third-order valence-electron chi connectivity index (χ3n) is 2.90. The van der Waals surface area contributed by atoms with Gasteiger partial charge in [0.15, 0.2) is 0 Å². The van der Waals surface area contributed by atoms with E-state index in [1.54, 1.807) is 18.7 Å². The molecule has 7 heteroatoms. The summed E-state index contributed by atoms with van der Waals surface area (Å²) in [6.07, 6.45) is 5.60. The summed E-state index contributed by atoms with van der Waals surface area (Å²) in [5.74, 6) is 0.835. The van der Waals surface area contributed by atoms with Gasteiger partial charge >= 0.3 is 0 Å². The van der Waals surface area contributed by atoms with Gasteiger partial charge in [-0.15, -0.1) is 0 Å². The Morgan fingerprint density at radius 3 is 3.10 bits per heavy atom. The number of pyridine rings is 1. The maximum absolute atomic E-state index is 6.04. The number of aryl methyl sites for hydroxylation is 1. The molecule has 3 N–H and O–H groups in total. The number of hydrogen-bond acceptors (Lipinski definition) is 6. The van der Waals surface area contributed by atoms with Crippen molar-refractivity contribution in [2.24, 2.45) is 5.73 Å². The van der Waals surface area contributed by atoms with Crippen molar-refractivity contribution in [2.75, 3.05) is 0 Å². The molecule has 0 aliphatic carbocycles. The van der Waals surface area contributed by atoms with Gasteiger partial charge in [0, 0.05) is 24.5 Å². The fraction of sp³-hybridized carbons (Fsp3) is 0.231. The Morgan fingerprint density at radius 2 is 2.35 bits per heavy atom. The molecule has 7 nitrogen and oxygen atoms in total. The van der Waals surface area contributed by atoms with Crippen LogP contribution < -0.4 is 5.73 Å². The quantitative estimate of drug-likeness (QED) is 0.742. The summed E-state index contributed by atoms with van der Waals surface area (Å²) in [4.78, 5) is 15.5. The van der Waals surface area contributed by atoms with E-state index in [1.807, 2.05) is 19.1 Å². The van der Waals surface area contributed by atoms with Crippen LogP contribution in [0.25, 0.3) is 11.5 Å². The van der Waals surface area contributed by atoms with E-state index in [2.05, 4.69) is 25.1 Å². The fourth-order valence-corrected chi connectivity index (χ4v) is 1.87. The molecule has 0 unspecified atom stereocenters. The van der Waals surface area contributed by atoms with Crippen LogP contribution in [-0.2, 0) is 6.42 Å². The maximum atomic E-state index is 6.04. The molecule has 0 saturated carbocycles. The van der Waals surface area contributed by atoms with Crippen molar-refractivity contribution in [1.82, 2.24) is 25.1 Å².